The van der Waals surface area contributed by atoms with Crippen LogP contribution in [0.5, 0.6) is 0 Å². The van der Waals surface area contributed by atoms with Crippen LogP contribution in [0.15, 0.2) is 59.5 Å². The van der Waals surface area contributed by atoms with Crippen LogP contribution in [-0.2, 0) is 38.9 Å². The first-order valence-electron chi connectivity index (χ1n) is 18.0. The van der Waals surface area contributed by atoms with Gasteiger partial charge >= 0.3 is 0 Å². The Balaban J connectivity index is 1.74. The zero-order valence-electron chi connectivity index (χ0n) is 30.6. The Bertz CT molecular complexity index is 1780. The monoisotopic (exact) mass is 769 g/mol. The van der Waals surface area contributed by atoms with Gasteiger partial charge in [0.2, 0.25) is 29.4 Å². The van der Waals surface area contributed by atoms with Crippen LogP contribution in [0.4, 0.5) is 0 Å². The van der Waals surface area contributed by atoms with Crippen LogP contribution in [0.1, 0.15) is 94.1 Å². The summed E-state index contributed by atoms with van der Waals surface area (Å²) in [5, 5.41) is 12.5. The number of carbonyl (C=O) groups excluding carboxylic acids is 7. The molecule has 294 valence electrons. The Labute approximate surface area is 314 Å². The molecule has 0 radical (unpaired) electrons. The predicted molar refractivity (Wildman–Crippen MR) is 195 cm³/mol. The molecule has 2 aromatic carbocycles. The summed E-state index contributed by atoms with van der Waals surface area (Å²) in [7, 11) is -5.02. The van der Waals surface area contributed by atoms with Crippen LogP contribution in [0, 0.1) is 11.8 Å². The van der Waals surface area contributed by atoms with E-state index in [1.807, 2.05) is 0 Å². The van der Waals surface area contributed by atoms with Gasteiger partial charge in [0.05, 0.1) is 23.0 Å². The second-order valence-electron chi connectivity index (χ2n) is 13.7. The van der Waals surface area contributed by atoms with Crippen LogP contribution in [0.25, 0.3) is 0 Å². The first kappa shape index (κ1) is 43.2. The Kier molecular flexibility index (Phi) is 16.3. The molecule has 6 amide bonds. The van der Waals surface area contributed by atoms with Gasteiger partial charge in [-0.15, -0.1) is 0 Å². The summed E-state index contributed by atoms with van der Waals surface area (Å²) in [6.45, 7) is 4.67. The van der Waals surface area contributed by atoms with Gasteiger partial charge < -0.3 is 36.9 Å². The molecule has 54 heavy (non-hydrogen) atoms. The van der Waals surface area contributed by atoms with E-state index < -0.39 is 92.5 Å². The Morgan fingerprint density at radius 3 is 2.02 bits per heavy atom. The molecule has 7 N–H and O–H groups in total. The fourth-order valence-corrected chi connectivity index (χ4v) is 7.01. The third-order valence-corrected chi connectivity index (χ3v) is 9.89. The average molecular weight is 770 g/mol. The number of hydrogen-bond donors (Lipinski definition) is 6. The molecule has 1 aliphatic rings. The minimum atomic E-state index is -5.02. The molecule has 0 spiro atoms. The maximum atomic E-state index is 13.9. The number of Topliss-reactive ketones (excluding diaryl/α,β-unsaturated/α-hetero) is 1. The third kappa shape index (κ3) is 12.8. The van der Waals surface area contributed by atoms with Gasteiger partial charge in [0.25, 0.3) is 11.8 Å². The van der Waals surface area contributed by atoms with E-state index in [4.69, 9.17) is 5.73 Å². The highest BCUT2D eigenvalue weighted by atomic mass is 32.2. The van der Waals surface area contributed by atoms with Gasteiger partial charge in [-0.25, -0.2) is 8.42 Å². The maximum absolute atomic E-state index is 13.9. The Hall–Kier alpha value is -5.16. The number of benzene rings is 2. The van der Waals surface area contributed by atoms with E-state index in [0.29, 0.717) is 24.8 Å². The maximum Gasteiger partial charge on any atom is 0.290 e. The summed E-state index contributed by atoms with van der Waals surface area (Å²) in [4.78, 5) is 90.9. The minimum absolute atomic E-state index is 0.0487. The molecule has 0 aromatic heterocycles. The molecule has 16 nitrogen and oxygen atoms in total. The summed E-state index contributed by atoms with van der Waals surface area (Å²) in [5.74, 6) is -6.76. The van der Waals surface area contributed by atoms with Crippen molar-refractivity contribution in [3.05, 3.63) is 65.7 Å². The predicted octanol–water partition coefficient (Wildman–Crippen LogP) is 1.11. The lowest BCUT2D eigenvalue weighted by Gasteiger charge is -2.32. The van der Waals surface area contributed by atoms with Crippen LogP contribution in [0.3, 0.4) is 0 Å². The average Bonchev–Trinajstić information content (AvgIpc) is 3.14. The number of nitrogens with two attached hydrogens (primary N) is 1. The summed E-state index contributed by atoms with van der Waals surface area (Å²) in [5.41, 5.74) is 5.43. The second-order valence-corrected chi connectivity index (χ2v) is 15.0. The van der Waals surface area contributed by atoms with E-state index in [1.165, 1.54) is 18.2 Å². The summed E-state index contributed by atoms with van der Waals surface area (Å²) >= 11 is 0. The zero-order valence-corrected chi connectivity index (χ0v) is 31.4. The molecule has 2 aromatic rings. The zero-order chi connectivity index (χ0) is 40.0. The van der Waals surface area contributed by atoms with Crippen LogP contribution < -0.4 is 32.3 Å². The first-order valence-corrected chi connectivity index (χ1v) is 19.4. The fraction of sp³-hybridized carbons (Fsp3) is 0.486. The normalized spacial score (nSPS) is 15.5. The summed E-state index contributed by atoms with van der Waals surface area (Å²) in [6.07, 6.45) is 4.13. The standard InChI is InChI=1S/C37H50N6O10S/c1-4-13-26(32(45)37(50)39-21-29(44)42-30(33(38)46)23-14-7-5-8-15-23)40-35(48)27(20-22(2)3)41-36(49)31(24-16-9-6-10-17-24)43-34(47)25-18-11-12-19-28(25)54(51,52)53/h5,7-8,11-12,14-15,18-19,22,24,26-27,30-31H,4,6,9-10,13,16-17,20-21H2,1-3H3,(H2,38,46)(H,39,50)(H,40,48)(H,41,49)(H,42,44)(H,43,47)(H,51,52,53)/p-1/t26?,27-,30?,31-/m0/s1. The number of primary amides is 1. The molecule has 4 atom stereocenters. The molecule has 2 unspecified atom stereocenters. The number of nitrogens with one attached hydrogen (secondary N) is 5. The molecular weight excluding hydrogens is 721 g/mol. The van der Waals surface area contributed by atoms with Gasteiger partial charge in [-0.05, 0) is 55.2 Å². The molecular formula is C37H49N6O10S-. The van der Waals surface area contributed by atoms with Gasteiger partial charge in [0.1, 0.15) is 28.2 Å². The van der Waals surface area contributed by atoms with E-state index >= 15 is 0 Å². The van der Waals surface area contributed by atoms with Crippen molar-refractivity contribution in [2.75, 3.05) is 6.54 Å². The lowest BCUT2D eigenvalue weighted by Crippen LogP contribution is -2.58. The topological polar surface area (TPSA) is 263 Å². The summed E-state index contributed by atoms with van der Waals surface area (Å²) < 4.78 is 35.6. The van der Waals surface area contributed by atoms with Crippen LogP contribution in [0.2, 0.25) is 0 Å². The molecule has 0 saturated heterocycles. The fourth-order valence-electron chi connectivity index (χ4n) is 6.33. The Morgan fingerprint density at radius 1 is 0.815 bits per heavy atom. The van der Waals surface area contributed by atoms with Crippen molar-refractivity contribution in [2.24, 2.45) is 17.6 Å². The molecule has 1 aliphatic carbocycles. The number of carbonyl (C=O) groups is 7. The van der Waals surface area contributed by atoms with E-state index in [1.54, 1.807) is 51.1 Å². The molecule has 0 bridgehead atoms. The lowest BCUT2D eigenvalue weighted by molar-refractivity contribution is -0.141. The molecule has 0 heterocycles. The lowest BCUT2D eigenvalue weighted by atomic mass is 9.83. The number of rotatable bonds is 19. The highest BCUT2D eigenvalue weighted by Crippen LogP contribution is 2.27. The molecule has 3 rings (SSSR count). The van der Waals surface area contributed by atoms with E-state index in [2.05, 4.69) is 26.6 Å². The Morgan fingerprint density at radius 2 is 1.43 bits per heavy atom. The third-order valence-electron chi connectivity index (χ3n) is 9.00. The van der Waals surface area contributed by atoms with Gasteiger partial charge in [0.15, 0.2) is 0 Å². The van der Waals surface area contributed by atoms with Crippen LogP contribution >= 0.6 is 0 Å². The number of hydrogen-bond acceptors (Lipinski definition) is 10. The molecule has 1 saturated carbocycles. The van der Waals surface area contributed by atoms with Crippen LogP contribution in [-0.4, -0.2) is 78.9 Å². The largest absolute Gasteiger partial charge is 0.744 e. The van der Waals surface area contributed by atoms with Crippen molar-refractivity contribution < 1.29 is 46.5 Å². The van der Waals surface area contributed by atoms with Crippen molar-refractivity contribution >= 4 is 51.3 Å². The minimum Gasteiger partial charge on any atom is -0.744 e. The highest BCUT2D eigenvalue weighted by molar-refractivity contribution is 7.85. The quantitative estimate of drug-likeness (QED) is 0.0876. The van der Waals surface area contributed by atoms with Gasteiger partial charge in [-0.3, -0.25) is 33.6 Å². The van der Waals surface area contributed by atoms with Crippen molar-refractivity contribution in [1.29, 1.82) is 0 Å². The smallest absolute Gasteiger partial charge is 0.290 e. The highest BCUT2D eigenvalue weighted by Gasteiger charge is 2.36. The second kappa shape index (κ2) is 20.3. The molecule has 0 aliphatic heterocycles. The van der Waals surface area contributed by atoms with E-state index in [-0.39, 0.29) is 24.7 Å². The van der Waals surface area contributed by atoms with Crippen molar-refractivity contribution in [3.63, 3.8) is 0 Å². The van der Waals surface area contributed by atoms with Gasteiger partial charge in [-0.1, -0.05) is 88.9 Å². The van der Waals surface area contributed by atoms with Crippen molar-refractivity contribution in [1.82, 2.24) is 26.6 Å². The van der Waals surface area contributed by atoms with E-state index in [9.17, 15) is 46.5 Å². The molecule has 17 heteroatoms. The van der Waals surface area contributed by atoms with Crippen molar-refractivity contribution in [3.8, 4) is 0 Å². The van der Waals surface area contributed by atoms with Gasteiger partial charge in [-0.2, -0.15) is 0 Å². The van der Waals surface area contributed by atoms with Gasteiger partial charge in [0, 0.05) is 0 Å². The summed E-state index contributed by atoms with van der Waals surface area (Å²) in [6, 6.07) is 8.14. The SMILES string of the molecule is CCCC(NC(=O)[C@H](CC(C)C)NC(=O)[C@@H](NC(=O)c1ccccc1S(=O)(=O)[O-])C1CCCCC1)C(=O)C(=O)NCC(=O)NC(C(N)=O)c1ccccc1. The first-order chi connectivity index (χ1) is 25.5. The number of amides is 6. The number of ketones is 1. The molecule has 1 fully saturated rings. The van der Waals surface area contributed by atoms with Crippen molar-refractivity contribution in [2.45, 2.75) is 101 Å². The van der Waals surface area contributed by atoms with E-state index in [0.717, 1.165) is 25.3 Å².